The molecule has 0 aliphatic rings. The Bertz CT molecular complexity index is 612. The zero-order valence-corrected chi connectivity index (χ0v) is 14.6. The molecule has 2 nitrogen and oxygen atoms in total. The summed E-state index contributed by atoms with van der Waals surface area (Å²) in [7, 11) is 1.67. The summed E-state index contributed by atoms with van der Waals surface area (Å²) >= 11 is 3.50. The predicted octanol–water partition coefficient (Wildman–Crippen LogP) is 5.09. The van der Waals surface area contributed by atoms with Gasteiger partial charge in [-0.05, 0) is 55.7 Å². The lowest BCUT2D eigenvalue weighted by Crippen LogP contribution is -2.03. The summed E-state index contributed by atoms with van der Waals surface area (Å²) < 4.78 is 11.3. The molecular weight excluding hydrogens is 328 g/mol. The van der Waals surface area contributed by atoms with Crippen LogP contribution in [0.5, 0.6) is 11.5 Å². The van der Waals surface area contributed by atoms with Gasteiger partial charge in [-0.1, -0.05) is 33.6 Å². The molecule has 21 heavy (non-hydrogen) atoms. The van der Waals surface area contributed by atoms with E-state index in [0.29, 0.717) is 6.61 Å². The van der Waals surface area contributed by atoms with Crippen LogP contribution in [0, 0.1) is 20.8 Å². The maximum Gasteiger partial charge on any atom is 0.124 e. The van der Waals surface area contributed by atoms with Crippen LogP contribution in [0.1, 0.15) is 27.8 Å². The molecule has 0 unspecified atom stereocenters. The molecule has 0 bridgehead atoms. The molecule has 0 saturated carbocycles. The van der Waals surface area contributed by atoms with E-state index in [4.69, 9.17) is 9.47 Å². The minimum absolute atomic E-state index is 0.588. The fraction of sp³-hybridized carbons (Fsp3) is 0.333. The topological polar surface area (TPSA) is 18.5 Å². The fourth-order valence-electron chi connectivity index (χ4n) is 2.52. The van der Waals surface area contributed by atoms with Crippen LogP contribution in [0.3, 0.4) is 0 Å². The lowest BCUT2D eigenvalue weighted by Gasteiger charge is -2.15. The normalized spacial score (nSPS) is 10.5. The fourth-order valence-corrected chi connectivity index (χ4v) is 2.95. The first-order valence-electron chi connectivity index (χ1n) is 6.97. The average molecular weight is 349 g/mol. The van der Waals surface area contributed by atoms with Gasteiger partial charge in [0.05, 0.1) is 7.11 Å². The molecule has 0 atom stereocenters. The van der Waals surface area contributed by atoms with Crippen molar-refractivity contribution in [1.82, 2.24) is 0 Å². The molecule has 3 heteroatoms. The van der Waals surface area contributed by atoms with Crippen molar-refractivity contribution < 1.29 is 9.47 Å². The third-order valence-electron chi connectivity index (χ3n) is 3.62. The maximum absolute atomic E-state index is 6.03. The van der Waals surface area contributed by atoms with Gasteiger partial charge in [-0.2, -0.15) is 0 Å². The number of methoxy groups -OCH3 is 1. The molecule has 0 N–H and O–H groups in total. The van der Waals surface area contributed by atoms with Gasteiger partial charge in [0.15, 0.2) is 0 Å². The van der Waals surface area contributed by atoms with Crippen molar-refractivity contribution in [3.05, 3.63) is 58.1 Å². The number of ether oxygens (including phenoxy) is 2. The van der Waals surface area contributed by atoms with Crippen LogP contribution in [0.25, 0.3) is 0 Å². The van der Waals surface area contributed by atoms with E-state index >= 15 is 0 Å². The van der Waals surface area contributed by atoms with Crippen molar-refractivity contribution >= 4 is 15.9 Å². The van der Waals surface area contributed by atoms with Crippen LogP contribution >= 0.6 is 15.9 Å². The first kappa shape index (κ1) is 15.9. The van der Waals surface area contributed by atoms with Crippen molar-refractivity contribution in [2.24, 2.45) is 0 Å². The Kier molecular flexibility index (Phi) is 5.29. The standard InChI is InChI=1S/C18H21BrO2/c1-12-7-13(2)17(14(3)8-12)11-21-18-6-5-16(20-4)9-15(18)10-19/h5-9H,10-11H2,1-4H3. The Morgan fingerprint density at radius 3 is 2.24 bits per heavy atom. The SMILES string of the molecule is COc1ccc(OCc2c(C)cc(C)cc2C)c(CBr)c1. The van der Waals surface area contributed by atoms with Gasteiger partial charge in [0.2, 0.25) is 0 Å². The zero-order chi connectivity index (χ0) is 15.4. The van der Waals surface area contributed by atoms with Crippen LogP contribution in [-0.2, 0) is 11.9 Å². The summed E-state index contributed by atoms with van der Waals surface area (Å²) in [4.78, 5) is 0. The van der Waals surface area contributed by atoms with Crippen LogP contribution in [0.2, 0.25) is 0 Å². The van der Waals surface area contributed by atoms with Crippen LogP contribution in [0.4, 0.5) is 0 Å². The van der Waals surface area contributed by atoms with E-state index in [1.54, 1.807) is 7.11 Å². The Morgan fingerprint density at radius 2 is 1.67 bits per heavy atom. The van der Waals surface area contributed by atoms with E-state index in [1.165, 1.54) is 22.3 Å². The van der Waals surface area contributed by atoms with E-state index in [0.717, 1.165) is 22.4 Å². The molecule has 0 aromatic heterocycles. The molecule has 0 heterocycles. The van der Waals surface area contributed by atoms with E-state index in [-0.39, 0.29) is 0 Å². The van der Waals surface area contributed by atoms with Gasteiger partial charge >= 0.3 is 0 Å². The molecule has 0 aliphatic carbocycles. The Hall–Kier alpha value is -1.48. The highest BCUT2D eigenvalue weighted by Gasteiger charge is 2.08. The molecule has 0 radical (unpaired) electrons. The number of alkyl halides is 1. The smallest absolute Gasteiger partial charge is 0.124 e. The molecule has 0 amide bonds. The van der Waals surface area contributed by atoms with Gasteiger partial charge in [-0.15, -0.1) is 0 Å². The summed E-state index contributed by atoms with van der Waals surface area (Å²) in [5.41, 5.74) is 6.20. The van der Waals surface area contributed by atoms with Gasteiger partial charge in [-0.3, -0.25) is 0 Å². The highest BCUT2D eigenvalue weighted by molar-refractivity contribution is 9.08. The monoisotopic (exact) mass is 348 g/mol. The summed E-state index contributed by atoms with van der Waals surface area (Å²) in [6.07, 6.45) is 0. The molecule has 0 fully saturated rings. The largest absolute Gasteiger partial charge is 0.497 e. The Labute approximate surface area is 135 Å². The zero-order valence-electron chi connectivity index (χ0n) is 13.0. The molecule has 0 spiro atoms. The summed E-state index contributed by atoms with van der Waals surface area (Å²) in [6, 6.07) is 10.3. The van der Waals surface area contributed by atoms with Gasteiger partial charge < -0.3 is 9.47 Å². The molecule has 2 rings (SSSR count). The third kappa shape index (κ3) is 3.79. The number of rotatable bonds is 5. The molecule has 0 aliphatic heterocycles. The lowest BCUT2D eigenvalue weighted by atomic mass is 10.0. The highest BCUT2D eigenvalue weighted by Crippen LogP contribution is 2.27. The molecule has 112 valence electrons. The van der Waals surface area contributed by atoms with Gasteiger partial charge in [0.1, 0.15) is 18.1 Å². The molecular formula is C18H21BrO2. The highest BCUT2D eigenvalue weighted by atomic mass is 79.9. The number of benzene rings is 2. The predicted molar refractivity (Wildman–Crippen MR) is 90.6 cm³/mol. The average Bonchev–Trinajstić information content (AvgIpc) is 2.46. The summed E-state index contributed by atoms with van der Waals surface area (Å²) in [5.74, 6) is 1.74. The van der Waals surface area contributed by atoms with Crippen LogP contribution in [-0.4, -0.2) is 7.11 Å². The first-order chi connectivity index (χ1) is 10.0. The quantitative estimate of drug-likeness (QED) is 0.700. The summed E-state index contributed by atoms with van der Waals surface area (Å²) in [6.45, 7) is 6.98. The molecule has 0 saturated heterocycles. The van der Waals surface area contributed by atoms with Crippen molar-refractivity contribution in [3.8, 4) is 11.5 Å². The lowest BCUT2D eigenvalue weighted by molar-refractivity contribution is 0.301. The Balaban J connectivity index is 2.20. The number of hydrogen-bond acceptors (Lipinski definition) is 2. The summed E-state index contributed by atoms with van der Waals surface area (Å²) in [5, 5.41) is 0.741. The number of halogens is 1. The second kappa shape index (κ2) is 6.99. The second-order valence-electron chi connectivity index (χ2n) is 5.27. The van der Waals surface area contributed by atoms with Crippen molar-refractivity contribution in [3.63, 3.8) is 0 Å². The van der Waals surface area contributed by atoms with Crippen LogP contribution in [0.15, 0.2) is 30.3 Å². The van der Waals surface area contributed by atoms with E-state index < -0.39 is 0 Å². The number of aryl methyl sites for hydroxylation is 3. The van der Waals surface area contributed by atoms with E-state index in [1.807, 2.05) is 18.2 Å². The Morgan fingerprint density at radius 1 is 1.00 bits per heavy atom. The number of hydrogen-bond donors (Lipinski definition) is 0. The molecule has 2 aromatic carbocycles. The van der Waals surface area contributed by atoms with Gasteiger partial charge in [0.25, 0.3) is 0 Å². The third-order valence-corrected chi connectivity index (χ3v) is 4.23. The molecule has 2 aromatic rings. The van der Waals surface area contributed by atoms with Gasteiger partial charge in [0, 0.05) is 10.9 Å². The van der Waals surface area contributed by atoms with Crippen molar-refractivity contribution in [1.29, 1.82) is 0 Å². The minimum atomic E-state index is 0.588. The minimum Gasteiger partial charge on any atom is -0.497 e. The van der Waals surface area contributed by atoms with E-state index in [2.05, 4.69) is 48.8 Å². The van der Waals surface area contributed by atoms with Gasteiger partial charge in [-0.25, -0.2) is 0 Å². The maximum atomic E-state index is 6.03. The second-order valence-corrected chi connectivity index (χ2v) is 5.83. The first-order valence-corrected chi connectivity index (χ1v) is 8.09. The van der Waals surface area contributed by atoms with Crippen molar-refractivity contribution in [2.75, 3.05) is 7.11 Å². The van der Waals surface area contributed by atoms with E-state index in [9.17, 15) is 0 Å². The van der Waals surface area contributed by atoms with Crippen molar-refractivity contribution in [2.45, 2.75) is 32.7 Å². The van der Waals surface area contributed by atoms with Crippen LogP contribution < -0.4 is 9.47 Å².